The lowest BCUT2D eigenvalue weighted by Crippen LogP contribution is -2.16. The number of aromatic nitrogens is 1. The highest BCUT2D eigenvalue weighted by Crippen LogP contribution is 2.45. The van der Waals surface area contributed by atoms with Crippen LogP contribution in [0.5, 0.6) is 0 Å². The molecule has 1 amide bonds. The van der Waals surface area contributed by atoms with Crippen molar-refractivity contribution in [1.82, 2.24) is 4.37 Å². The number of ether oxygens (including phenoxy) is 1. The Kier molecular flexibility index (Phi) is 7.30. The van der Waals surface area contributed by atoms with Gasteiger partial charge in [0.05, 0.1) is 27.6 Å². The van der Waals surface area contributed by atoms with Gasteiger partial charge in [0.1, 0.15) is 6.10 Å². The fourth-order valence-corrected chi connectivity index (χ4v) is 7.45. The Hall–Kier alpha value is -3.24. The number of carbonyl (C=O) groups is 2. The number of carboxylic acids is 1. The van der Waals surface area contributed by atoms with E-state index >= 15 is 0 Å². The first-order valence-corrected chi connectivity index (χ1v) is 14.1. The van der Waals surface area contributed by atoms with Gasteiger partial charge in [-0.1, -0.05) is 54.1 Å². The normalized spacial score (nSPS) is 12.0. The highest BCUT2D eigenvalue weighted by atomic mass is 35.5. The lowest BCUT2D eigenvalue weighted by Gasteiger charge is -2.14. The number of carboxylic acid groups (broad SMARTS) is 1. The second-order valence-electron chi connectivity index (χ2n) is 8.38. The van der Waals surface area contributed by atoms with Crippen LogP contribution < -0.4 is 5.32 Å². The summed E-state index contributed by atoms with van der Waals surface area (Å²) in [5.41, 5.74) is 3.85. The van der Waals surface area contributed by atoms with Gasteiger partial charge in [-0.15, -0.1) is 22.7 Å². The fraction of sp³-hybridized carbons (Fsp3) is 0.148. The molecule has 1 atom stereocenters. The van der Waals surface area contributed by atoms with Gasteiger partial charge in [0, 0.05) is 19.3 Å². The Balaban J connectivity index is 1.35. The van der Waals surface area contributed by atoms with Crippen LogP contribution in [-0.2, 0) is 16.0 Å². The van der Waals surface area contributed by atoms with Crippen LogP contribution in [-0.4, -0.2) is 21.5 Å². The summed E-state index contributed by atoms with van der Waals surface area (Å²) in [6.07, 6.45) is -1.01. The second-order valence-corrected chi connectivity index (χ2v) is 11.7. The third kappa shape index (κ3) is 5.55. The molecule has 0 aliphatic carbocycles. The number of benzene rings is 2. The summed E-state index contributed by atoms with van der Waals surface area (Å²) < 4.78 is 12.3. The van der Waals surface area contributed by atoms with Gasteiger partial charge in [-0.25, -0.2) is 4.79 Å². The van der Waals surface area contributed by atoms with Crippen LogP contribution in [0.3, 0.4) is 0 Å². The van der Waals surface area contributed by atoms with Gasteiger partial charge in [0.25, 0.3) is 0 Å². The summed E-state index contributed by atoms with van der Waals surface area (Å²) in [5, 5.41) is 12.4. The van der Waals surface area contributed by atoms with E-state index in [0.717, 1.165) is 40.9 Å². The Bertz CT molecular complexity index is 1580. The molecule has 0 aliphatic heterocycles. The number of amides is 1. The van der Waals surface area contributed by atoms with Crippen molar-refractivity contribution in [2.45, 2.75) is 26.4 Å². The first-order chi connectivity index (χ1) is 17.8. The second kappa shape index (κ2) is 10.6. The smallest absolute Gasteiger partial charge is 0.412 e. The molecular formula is C27H21ClN2O4S3. The van der Waals surface area contributed by atoms with Crippen LogP contribution in [0.15, 0.2) is 60.7 Å². The highest BCUT2D eigenvalue weighted by molar-refractivity contribution is 7.32. The monoisotopic (exact) mass is 568 g/mol. The molecular weight excluding hydrogens is 548 g/mol. The summed E-state index contributed by atoms with van der Waals surface area (Å²) in [5.74, 6) is -0.912. The highest BCUT2D eigenvalue weighted by Gasteiger charge is 2.20. The minimum atomic E-state index is -0.912. The first-order valence-electron chi connectivity index (χ1n) is 11.3. The van der Waals surface area contributed by atoms with E-state index in [1.807, 2.05) is 56.3 Å². The number of fused-ring (bicyclic) bond motifs is 1. The van der Waals surface area contributed by atoms with Crippen LogP contribution in [0.4, 0.5) is 10.5 Å². The van der Waals surface area contributed by atoms with E-state index in [2.05, 4.69) is 21.8 Å². The van der Waals surface area contributed by atoms with E-state index in [9.17, 15) is 9.59 Å². The zero-order chi connectivity index (χ0) is 26.1. The summed E-state index contributed by atoms with van der Waals surface area (Å²) >= 11 is 10.9. The molecule has 0 saturated heterocycles. The van der Waals surface area contributed by atoms with Crippen molar-refractivity contribution < 1.29 is 19.4 Å². The van der Waals surface area contributed by atoms with E-state index in [1.54, 1.807) is 28.7 Å². The topological polar surface area (TPSA) is 88.5 Å². The van der Waals surface area contributed by atoms with Crippen LogP contribution in [0.2, 0.25) is 5.02 Å². The Morgan fingerprint density at radius 3 is 2.46 bits per heavy atom. The molecule has 3 heterocycles. The molecule has 0 aliphatic rings. The van der Waals surface area contributed by atoms with Gasteiger partial charge < -0.3 is 9.84 Å². The van der Waals surface area contributed by atoms with Crippen molar-refractivity contribution in [1.29, 1.82) is 0 Å². The largest absolute Gasteiger partial charge is 0.481 e. The molecule has 2 aromatic carbocycles. The van der Waals surface area contributed by atoms with Crippen molar-refractivity contribution in [3.8, 4) is 20.2 Å². The molecule has 2 N–H and O–H groups in total. The van der Waals surface area contributed by atoms with Gasteiger partial charge in [-0.3, -0.25) is 10.1 Å². The summed E-state index contributed by atoms with van der Waals surface area (Å²) in [4.78, 5) is 26.6. The number of anilines is 1. The number of nitrogens with one attached hydrogen (secondary N) is 1. The summed E-state index contributed by atoms with van der Waals surface area (Å²) in [6.45, 7) is 3.70. The lowest BCUT2D eigenvalue weighted by atomic mass is 10.1. The molecule has 0 radical (unpaired) electrons. The zero-order valence-electron chi connectivity index (χ0n) is 19.8. The molecule has 0 bridgehead atoms. The zero-order valence-corrected chi connectivity index (χ0v) is 23.0. The van der Waals surface area contributed by atoms with Crippen molar-refractivity contribution in [2.24, 2.45) is 0 Å². The predicted octanol–water partition coefficient (Wildman–Crippen LogP) is 8.65. The minimum absolute atomic E-state index is 0.106. The first kappa shape index (κ1) is 25.4. The maximum atomic E-state index is 12.7. The molecule has 0 fully saturated rings. The number of thiophene rings is 2. The maximum Gasteiger partial charge on any atom is 0.412 e. The average molecular weight is 569 g/mol. The number of nitrogens with zero attached hydrogens (tertiary/aromatic N) is 1. The molecule has 10 heteroatoms. The molecule has 0 saturated carbocycles. The van der Waals surface area contributed by atoms with Crippen molar-refractivity contribution >= 4 is 73.0 Å². The third-order valence-corrected chi connectivity index (χ3v) is 9.57. The number of halogens is 1. The Morgan fingerprint density at radius 1 is 1.05 bits per heavy atom. The van der Waals surface area contributed by atoms with Crippen LogP contribution in [0, 0.1) is 6.92 Å². The van der Waals surface area contributed by atoms with Gasteiger partial charge in [-0.05, 0) is 60.3 Å². The van der Waals surface area contributed by atoms with E-state index in [0.29, 0.717) is 16.3 Å². The Labute approximate surface area is 230 Å². The maximum absolute atomic E-state index is 12.7. The van der Waals surface area contributed by atoms with Gasteiger partial charge >= 0.3 is 12.1 Å². The van der Waals surface area contributed by atoms with E-state index in [4.69, 9.17) is 21.4 Å². The Morgan fingerprint density at radius 2 is 1.76 bits per heavy atom. The van der Waals surface area contributed by atoms with Crippen LogP contribution in [0.25, 0.3) is 29.6 Å². The molecule has 5 rings (SSSR count). The van der Waals surface area contributed by atoms with E-state index in [-0.39, 0.29) is 12.5 Å². The number of hydrogen-bond donors (Lipinski definition) is 2. The standard InChI is InChI=1S/C27H21ClN2O4S3/c1-14-25(29-27(33)34-15(2)16-6-4-3-5-7-16)26(37-30-14)23-13-22-21(36-23)12-20(35-22)18-9-8-17(11-24(31)32)19(28)10-18/h3-10,12-13,15H,11H2,1-2H3,(H,29,33)(H,31,32)/t15-/m1/s1. The van der Waals surface area contributed by atoms with E-state index in [1.165, 1.54) is 11.5 Å². The molecule has 0 spiro atoms. The summed E-state index contributed by atoms with van der Waals surface area (Å²) in [7, 11) is 0. The predicted molar refractivity (Wildman–Crippen MR) is 152 cm³/mol. The van der Waals surface area contributed by atoms with Gasteiger partial charge in [-0.2, -0.15) is 4.37 Å². The van der Waals surface area contributed by atoms with E-state index < -0.39 is 12.1 Å². The number of carbonyl (C=O) groups excluding carboxylic acids is 1. The lowest BCUT2D eigenvalue weighted by molar-refractivity contribution is -0.136. The number of rotatable bonds is 7. The average Bonchev–Trinajstić information content (AvgIpc) is 3.54. The summed E-state index contributed by atoms with van der Waals surface area (Å²) in [6, 6.07) is 19.3. The number of aliphatic carboxylic acids is 1. The minimum Gasteiger partial charge on any atom is -0.481 e. The molecule has 0 unspecified atom stereocenters. The SMILES string of the molecule is Cc1nsc(-c2cc3sc(-c4ccc(CC(=O)O)c(Cl)c4)cc3s2)c1NC(=O)O[C@H](C)c1ccccc1. The number of aryl methyl sites for hydroxylation is 1. The molecule has 5 aromatic rings. The molecule has 6 nitrogen and oxygen atoms in total. The van der Waals surface area contributed by atoms with Gasteiger partial charge in [0.2, 0.25) is 0 Å². The number of hydrogen-bond acceptors (Lipinski definition) is 7. The van der Waals surface area contributed by atoms with Crippen LogP contribution >= 0.6 is 45.8 Å². The van der Waals surface area contributed by atoms with Crippen molar-refractivity contribution in [2.75, 3.05) is 5.32 Å². The van der Waals surface area contributed by atoms with Crippen molar-refractivity contribution in [3.05, 3.63) is 82.5 Å². The quantitative estimate of drug-likeness (QED) is 0.205. The van der Waals surface area contributed by atoms with Gasteiger partial charge in [0.15, 0.2) is 0 Å². The molecule has 37 heavy (non-hydrogen) atoms. The van der Waals surface area contributed by atoms with Crippen molar-refractivity contribution in [3.63, 3.8) is 0 Å². The molecule has 3 aromatic heterocycles. The third-order valence-electron chi connectivity index (χ3n) is 5.75. The fourth-order valence-electron chi connectivity index (χ4n) is 3.87. The van der Waals surface area contributed by atoms with Crippen LogP contribution in [0.1, 0.15) is 29.8 Å². The molecule has 188 valence electrons.